The second-order valence-corrected chi connectivity index (χ2v) is 5.48. The number of aryl methyl sites for hydroxylation is 1. The minimum absolute atomic E-state index is 0.201. The first-order valence-corrected chi connectivity index (χ1v) is 7.45. The van der Waals surface area contributed by atoms with Gasteiger partial charge in [-0.15, -0.1) is 6.42 Å². The molecule has 1 aromatic carbocycles. The molecule has 1 saturated carbocycles. The SMILES string of the molecule is C#CCn1c(CCCNC(=O)C2CC2)nc2ccccc21. The van der Waals surface area contributed by atoms with Gasteiger partial charge < -0.3 is 9.88 Å². The Morgan fingerprint density at radius 1 is 1.43 bits per heavy atom. The van der Waals surface area contributed by atoms with Gasteiger partial charge in [-0.2, -0.15) is 0 Å². The van der Waals surface area contributed by atoms with E-state index in [1.165, 1.54) is 0 Å². The van der Waals surface area contributed by atoms with E-state index in [0.29, 0.717) is 13.1 Å². The largest absolute Gasteiger partial charge is 0.356 e. The summed E-state index contributed by atoms with van der Waals surface area (Å²) in [5.41, 5.74) is 2.05. The van der Waals surface area contributed by atoms with Crippen molar-refractivity contribution in [2.45, 2.75) is 32.2 Å². The van der Waals surface area contributed by atoms with Gasteiger partial charge in [0, 0.05) is 18.9 Å². The van der Waals surface area contributed by atoms with Crippen LogP contribution in [0.3, 0.4) is 0 Å². The summed E-state index contributed by atoms with van der Waals surface area (Å²) in [5, 5.41) is 2.98. The number of imidazole rings is 1. The quantitative estimate of drug-likeness (QED) is 0.651. The van der Waals surface area contributed by atoms with E-state index >= 15 is 0 Å². The number of carbonyl (C=O) groups excluding carboxylic acids is 1. The second kappa shape index (κ2) is 6.01. The summed E-state index contributed by atoms with van der Waals surface area (Å²) in [7, 11) is 0. The lowest BCUT2D eigenvalue weighted by Crippen LogP contribution is -2.26. The van der Waals surface area contributed by atoms with Gasteiger partial charge in [-0.25, -0.2) is 4.98 Å². The molecule has 0 spiro atoms. The number of aromatic nitrogens is 2. The summed E-state index contributed by atoms with van der Waals surface area (Å²) in [6.45, 7) is 1.23. The Kier molecular flexibility index (Phi) is 3.92. The van der Waals surface area contributed by atoms with Crippen LogP contribution in [0.5, 0.6) is 0 Å². The molecular formula is C17H19N3O. The predicted octanol–water partition coefficient (Wildman–Crippen LogP) is 2.13. The highest BCUT2D eigenvalue weighted by molar-refractivity contribution is 5.80. The minimum atomic E-state index is 0.201. The van der Waals surface area contributed by atoms with Crippen molar-refractivity contribution in [3.63, 3.8) is 0 Å². The Morgan fingerprint density at radius 2 is 2.24 bits per heavy atom. The lowest BCUT2D eigenvalue weighted by Gasteiger charge is -2.06. The Morgan fingerprint density at radius 3 is 3.00 bits per heavy atom. The molecule has 0 radical (unpaired) electrons. The molecular weight excluding hydrogens is 262 g/mol. The number of fused-ring (bicyclic) bond motifs is 1. The highest BCUT2D eigenvalue weighted by atomic mass is 16.2. The van der Waals surface area contributed by atoms with Crippen molar-refractivity contribution < 1.29 is 4.79 Å². The Labute approximate surface area is 124 Å². The van der Waals surface area contributed by atoms with E-state index in [1.807, 2.05) is 24.3 Å². The van der Waals surface area contributed by atoms with Crippen molar-refractivity contribution in [1.29, 1.82) is 0 Å². The molecule has 0 aliphatic heterocycles. The highest BCUT2D eigenvalue weighted by Gasteiger charge is 2.28. The van der Waals surface area contributed by atoms with Crippen molar-refractivity contribution in [2.75, 3.05) is 6.54 Å². The number of nitrogens with one attached hydrogen (secondary N) is 1. The summed E-state index contributed by atoms with van der Waals surface area (Å²) >= 11 is 0. The molecule has 1 aliphatic carbocycles. The topological polar surface area (TPSA) is 46.9 Å². The van der Waals surface area contributed by atoms with Gasteiger partial charge in [0.2, 0.25) is 5.91 Å². The maximum absolute atomic E-state index is 11.6. The zero-order valence-electron chi connectivity index (χ0n) is 12.0. The van der Waals surface area contributed by atoms with Gasteiger partial charge in [0.25, 0.3) is 0 Å². The number of para-hydroxylation sites is 2. The summed E-state index contributed by atoms with van der Waals surface area (Å²) < 4.78 is 2.08. The molecule has 1 heterocycles. The normalized spacial score (nSPS) is 14.0. The van der Waals surface area contributed by atoms with Gasteiger partial charge in [0.1, 0.15) is 5.82 Å². The summed E-state index contributed by atoms with van der Waals surface area (Å²) in [5.74, 6) is 4.16. The molecule has 0 bridgehead atoms. The summed E-state index contributed by atoms with van der Waals surface area (Å²) in [6, 6.07) is 8.02. The van der Waals surface area contributed by atoms with E-state index in [2.05, 4.69) is 20.8 Å². The van der Waals surface area contributed by atoms with E-state index in [0.717, 1.165) is 42.5 Å². The lowest BCUT2D eigenvalue weighted by molar-refractivity contribution is -0.122. The summed E-state index contributed by atoms with van der Waals surface area (Å²) in [4.78, 5) is 16.2. The number of benzene rings is 1. The molecule has 4 nitrogen and oxygen atoms in total. The van der Waals surface area contributed by atoms with Crippen LogP contribution >= 0.6 is 0 Å². The van der Waals surface area contributed by atoms with Crippen LogP contribution in [0.15, 0.2) is 24.3 Å². The fraction of sp³-hybridized carbons (Fsp3) is 0.412. The molecule has 0 saturated heterocycles. The van der Waals surface area contributed by atoms with E-state index in [9.17, 15) is 4.79 Å². The van der Waals surface area contributed by atoms with Gasteiger partial charge in [-0.05, 0) is 31.4 Å². The van der Waals surface area contributed by atoms with Gasteiger partial charge in [-0.3, -0.25) is 4.79 Å². The number of terminal acetylenes is 1. The molecule has 0 atom stereocenters. The van der Waals surface area contributed by atoms with Crippen LogP contribution in [0.1, 0.15) is 25.1 Å². The van der Waals surface area contributed by atoms with Gasteiger partial charge in [-0.1, -0.05) is 18.1 Å². The number of rotatable bonds is 6. The molecule has 3 rings (SSSR count). The zero-order valence-corrected chi connectivity index (χ0v) is 12.0. The summed E-state index contributed by atoms with van der Waals surface area (Å²) in [6.07, 6.45) is 9.25. The van der Waals surface area contributed by atoms with Crippen LogP contribution in [0.4, 0.5) is 0 Å². The Hall–Kier alpha value is -2.28. The van der Waals surface area contributed by atoms with Crippen LogP contribution in [0.2, 0.25) is 0 Å². The van der Waals surface area contributed by atoms with Crippen LogP contribution in [-0.4, -0.2) is 22.0 Å². The van der Waals surface area contributed by atoms with Crippen LogP contribution in [-0.2, 0) is 17.8 Å². The third kappa shape index (κ3) is 3.08. The standard InChI is InChI=1S/C17H19N3O/c1-2-12-20-15-7-4-3-6-14(15)19-16(20)8-5-11-18-17(21)13-9-10-13/h1,3-4,6-7,13H,5,8-12H2,(H,18,21). The van der Waals surface area contributed by atoms with E-state index < -0.39 is 0 Å². The Bertz CT molecular complexity index is 692. The predicted molar refractivity (Wildman–Crippen MR) is 82.6 cm³/mol. The van der Waals surface area contributed by atoms with Gasteiger partial charge >= 0.3 is 0 Å². The van der Waals surface area contributed by atoms with Gasteiger partial charge in [0.15, 0.2) is 0 Å². The van der Waals surface area contributed by atoms with Gasteiger partial charge in [0.05, 0.1) is 17.6 Å². The average molecular weight is 281 g/mol. The van der Waals surface area contributed by atoms with Crippen molar-refractivity contribution >= 4 is 16.9 Å². The van der Waals surface area contributed by atoms with Crippen molar-refractivity contribution in [3.05, 3.63) is 30.1 Å². The monoisotopic (exact) mass is 281 g/mol. The molecule has 21 heavy (non-hydrogen) atoms. The number of carbonyl (C=O) groups is 1. The highest BCUT2D eigenvalue weighted by Crippen LogP contribution is 2.28. The first kappa shape index (κ1) is 13.7. The van der Waals surface area contributed by atoms with Crippen molar-refractivity contribution in [2.24, 2.45) is 5.92 Å². The Balaban J connectivity index is 1.64. The molecule has 1 aromatic heterocycles. The minimum Gasteiger partial charge on any atom is -0.356 e. The number of amides is 1. The number of hydrogen-bond donors (Lipinski definition) is 1. The first-order chi connectivity index (χ1) is 10.3. The molecule has 1 amide bonds. The lowest BCUT2D eigenvalue weighted by atomic mass is 10.3. The molecule has 108 valence electrons. The number of hydrogen-bond acceptors (Lipinski definition) is 2. The third-order valence-corrected chi connectivity index (χ3v) is 3.81. The molecule has 0 unspecified atom stereocenters. The molecule has 1 fully saturated rings. The first-order valence-electron chi connectivity index (χ1n) is 7.45. The van der Waals surface area contributed by atoms with E-state index in [1.54, 1.807) is 0 Å². The maximum Gasteiger partial charge on any atom is 0.223 e. The molecule has 2 aromatic rings. The smallest absolute Gasteiger partial charge is 0.223 e. The van der Waals surface area contributed by atoms with Crippen LogP contribution in [0.25, 0.3) is 11.0 Å². The fourth-order valence-electron chi connectivity index (χ4n) is 2.53. The second-order valence-electron chi connectivity index (χ2n) is 5.48. The molecule has 4 heteroatoms. The third-order valence-electron chi connectivity index (χ3n) is 3.81. The van der Waals surface area contributed by atoms with Crippen LogP contribution < -0.4 is 5.32 Å². The maximum atomic E-state index is 11.6. The van der Waals surface area contributed by atoms with Crippen molar-refractivity contribution in [1.82, 2.24) is 14.9 Å². The number of nitrogens with zero attached hydrogens (tertiary/aromatic N) is 2. The average Bonchev–Trinajstić information content (AvgIpc) is 3.29. The van der Waals surface area contributed by atoms with Crippen molar-refractivity contribution in [3.8, 4) is 12.3 Å². The zero-order chi connectivity index (χ0) is 14.7. The molecule has 1 aliphatic rings. The van der Waals surface area contributed by atoms with E-state index in [4.69, 9.17) is 6.42 Å². The fourth-order valence-corrected chi connectivity index (χ4v) is 2.53. The van der Waals surface area contributed by atoms with Crippen LogP contribution in [0, 0.1) is 18.3 Å². The van der Waals surface area contributed by atoms with E-state index in [-0.39, 0.29) is 11.8 Å². The molecule has 1 N–H and O–H groups in total.